The molecule has 2 rings (SSSR count). The molecule has 1 unspecified atom stereocenters. The van der Waals surface area contributed by atoms with Crippen molar-refractivity contribution in [3.63, 3.8) is 0 Å². The molecule has 1 fully saturated rings. The number of hydrogen-bond acceptors (Lipinski definition) is 4. The fraction of sp³-hybridized carbons (Fsp3) is 0.385. The highest BCUT2D eigenvalue weighted by atomic mass is 19.1. The summed E-state index contributed by atoms with van der Waals surface area (Å²) < 4.78 is 18.1. The zero-order valence-corrected chi connectivity index (χ0v) is 10.3. The molecule has 1 saturated heterocycles. The summed E-state index contributed by atoms with van der Waals surface area (Å²) in [7, 11) is 0. The predicted octanol–water partition coefficient (Wildman–Crippen LogP) is 0.989. The Morgan fingerprint density at radius 3 is 3.21 bits per heavy atom. The molecule has 0 bridgehead atoms. The van der Waals surface area contributed by atoms with E-state index in [0.29, 0.717) is 25.4 Å². The van der Waals surface area contributed by atoms with Crippen molar-refractivity contribution < 1.29 is 13.9 Å². The van der Waals surface area contributed by atoms with Crippen LogP contribution in [0.3, 0.4) is 0 Å². The molecule has 1 aliphatic rings. The molecule has 1 atom stereocenters. The van der Waals surface area contributed by atoms with Gasteiger partial charge in [-0.15, -0.1) is 0 Å². The van der Waals surface area contributed by atoms with Crippen molar-refractivity contribution >= 4 is 11.6 Å². The van der Waals surface area contributed by atoms with Gasteiger partial charge in [-0.3, -0.25) is 9.69 Å². The summed E-state index contributed by atoms with van der Waals surface area (Å²) in [5.74, 6) is -0.627. The molecule has 19 heavy (non-hydrogen) atoms. The minimum Gasteiger partial charge on any atom is -0.361 e. The molecule has 0 radical (unpaired) electrons. The molecule has 1 aliphatic heterocycles. The standard InChI is InChI=1S/C13H14FN3O2/c14-10-2-1-3-11(6-10)16-13(18)9-17-4-5-19-12(7-15)8-17/h1-3,6,12H,4-5,8-9H2,(H,16,18). The number of nitrogens with zero attached hydrogens (tertiary/aromatic N) is 2. The van der Waals surface area contributed by atoms with Gasteiger partial charge in [0.1, 0.15) is 5.82 Å². The van der Waals surface area contributed by atoms with Crippen LogP contribution in [-0.4, -0.2) is 43.2 Å². The maximum Gasteiger partial charge on any atom is 0.238 e. The number of halogens is 1. The molecule has 0 saturated carbocycles. The van der Waals surface area contributed by atoms with Crippen LogP contribution < -0.4 is 5.32 Å². The number of morpholine rings is 1. The number of hydrogen-bond donors (Lipinski definition) is 1. The summed E-state index contributed by atoms with van der Waals surface area (Å²) in [6.45, 7) is 1.62. The fourth-order valence-corrected chi connectivity index (χ4v) is 1.89. The second-order valence-electron chi connectivity index (χ2n) is 4.28. The first-order valence-electron chi connectivity index (χ1n) is 5.96. The average molecular weight is 263 g/mol. The number of amides is 1. The smallest absolute Gasteiger partial charge is 0.238 e. The molecular weight excluding hydrogens is 249 g/mol. The maximum absolute atomic E-state index is 13.0. The number of carbonyl (C=O) groups is 1. The lowest BCUT2D eigenvalue weighted by Gasteiger charge is -2.28. The number of anilines is 1. The molecule has 0 spiro atoms. The van der Waals surface area contributed by atoms with Crippen molar-refractivity contribution in [3.8, 4) is 6.07 Å². The summed E-state index contributed by atoms with van der Waals surface area (Å²) in [5.41, 5.74) is 0.426. The summed E-state index contributed by atoms with van der Waals surface area (Å²) in [6.07, 6.45) is -0.490. The second kappa shape index (κ2) is 6.27. The number of benzene rings is 1. The van der Waals surface area contributed by atoms with E-state index in [4.69, 9.17) is 10.00 Å². The number of ether oxygens (including phenoxy) is 1. The first-order valence-corrected chi connectivity index (χ1v) is 5.96. The largest absolute Gasteiger partial charge is 0.361 e. The van der Waals surface area contributed by atoms with Crippen LogP contribution >= 0.6 is 0 Å². The first-order chi connectivity index (χ1) is 9.17. The maximum atomic E-state index is 13.0. The molecule has 1 aromatic rings. The Morgan fingerprint density at radius 1 is 1.63 bits per heavy atom. The van der Waals surface area contributed by atoms with Gasteiger partial charge >= 0.3 is 0 Å². The van der Waals surface area contributed by atoms with E-state index in [9.17, 15) is 9.18 Å². The van der Waals surface area contributed by atoms with Crippen molar-refractivity contribution in [1.29, 1.82) is 5.26 Å². The fourth-order valence-electron chi connectivity index (χ4n) is 1.89. The van der Waals surface area contributed by atoms with Crippen LogP contribution in [-0.2, 0) is 9.53 Å². The van der Waals surface area contributed by atoms with E-state index in [0.717, 1.165) is 0 Å². The Morgan fingerprint density at radius 2 is 2.47 bits per heavy atom. The zero-order chi connectivity index (χ0) is 13.7. The highest BCUT2D eigenvalue weighted by Crippen LogP contribution is 2.09. The van der Waals surface area contributed by atoms with E-state index in [1.165, 1.54) is 18.2 Å². The van der Waals surface area contributed by atoms with E-state index < -0.39 is 11.9 Å². The third-order valence-electron chi connectivity index (χ3n) is 2.77. The van der Waals surface area contributed by atoms with Gasteiger partial charge in [0, 0.05) is 18.8 Å². The van der Waals surface area contributed by atoms with Crippen molar-refractivity contribution in [2.45, 2.75) is 6.10 Å². The Labute approximate surface area is 110 Å². The summed E-state index contributed by atoms with van der Waals surface area (Å²) >= 11 is 0. The quantitative estimate of drug-likeness (QED) is 0.883. The SMILES string of the molecule is N#CC1CN(CC(=O)Nc2cccc(F)c2)CCO1. The van der Waals surface area contributed by atoms with Gasteiger partial charge in [-0.05, 0) is 18.2 Å². The molecule has 1 amide bonds. The number of nitrogens with one attached hydrogen (secondary N) is 1. The van der Waals surface area contributed by atoms with Crippen LogP contribution in [0.2, 0.25) is 0 Å². The summed E-state index contributed by atoms with van der Waals surface area (Å²) in [6, 6.07) is 7.75. The monoisotopic (exact) mass is 263 g/mol. The second-order valence-corrected chi connectivity index (χ2v) is 4.28. The van der Waals surface area contributed by atoms with Crippen LogP contribution in [0.15, 0.2) is 24.3 Å². The Hall–Kier alpha value is -1.97. The number of rotatable bonds is 3. The lowest BCUT2D eigenvalue weighted by molar-refractivity contribution is -0.118. The number of nitriles is 1. The van der Waals surface area contributed by atoms with Gasteiger partial charge in [-0.25, -0.2) is 4.39 Å². The molecule has 0 aliphatic carbocycles. The molecule has 1 aromatic carbocycles. The minimum absolute atomic E-state index is 0.165. The van der Waals surface area contributed by atoms with Crippen molar-refractivity contribution in [2.75, 3.05) is 31.6 Å². The topological polar surface area (TPSA) is 65.4 Å². The van der Waals surface area contributed by atoms with Gasteiger partial charge in [0.05, 0.1) is 19.2 Å². The van der Waals surface area contributed by atoms with E-state index in [2.05, 4.69) is 5.32 Å². The van der Waals surface area contributed by atoms with E-state index in [1.807, 2.05) is 11.0 Å². The summed E-state index contributed by atoms with van der Waals surface area (Å²) in [4.78, 5) is 13.6. The molecule has 0 aromatic heterocycles. The van der Waals surface area contributed by atoms with Crippen molar-refractivity contribution in [2.24, 2.45) is 0 Å². The van der Waals surface area contributed by atoms with Crippen molar-refractivity contribution in [3.05, 3.63) is 30.1 Å². The van der Waals surface area contributed by atoms with E-state index >= 15 is 0 Å². The predicted molar refractivity (Wildman–Crippen MR) is 66.8 cm³/mol. The van der Waals surface area contributed by atoms with Crippen LogP contribution in [0.5, 0.6) is 0 Å². The van der Waals surface area contributed by atoms with Crippen molar-refractivity contribution in [1.82, 2.24) is 4.90 Å². The van der Waals surface area contributed by atoms with Gasteiger partial charge in [-0.1, -0.05) is 6.07 Å². The Bertz CT molecular complexity index is 501. The van der Waals surface area contributed by atoms with Gasteiger partial charge < -0.3 is 10.1 Å². The van der Waals surface area contributed by atoms with Gasteiger partial charge in [-0.2, -0.15) is 5.26 Å². The molecular formula is C13H14FN3O2. The molecule has 5 nitrogen and oxygen atoms in total. The molecule has 100 valence electrons. The molecule has 1 N–H and O–H groups in total. The normalized spacial score (nSPS) is 19.7. The average Bonchev–Trinajstić information content (AvgIpc) is 2.38. The number of carbonyl (C=O) groups excluding carboxylic acids is 1. The van der Waals surface area contributed by atoms with Crippen LogP contribution in [0.1, 0.15) is 0 Å². The summed E-state index contributed by atoms with van der Waals surface area (Å²) in [5, 5.41) is 11.4. The van der Waals surface area contributed by atoms with Gasteiger partial charge in [0.25, 0.3) is 0 Å². The molecule has 6 heteroatoms. The highest BCUT2D eigenvalue weighted by Gasteiger charge is 2.21. The van der Waals surface area contributed by atoms with E-state index in [-0.39, 0.29) is 12.5 Å². The lowest BCUT2D eigenvalue weighted by Crippen LogP contribution is -2.45. The van der Waals surface area contributed by atoms with Gasteiger partial charge in [0.2, 0.25) is 5.91 Å². The van der Waals surface area contributed by atoms with Crippen LogP contribution in [0, 0.1) is 17.1 Å². The Balaban J connectivity index is 1.86. The highest BCUT2D eigenvalue weighted by molar-refractivity contribution is 5.92. The molecule has 1 heterocycles. The first kappa shape index (κ1) is 13.5. The van der Waals surface area contributed by atoms with Crippen LogP contribution in [0.25, 0.3) is 0 Å². The third kappa shape index (κ3) is 4.02. The van der Waals surface area contributed by atoms with Crippen LogP contribution in [0.4, 0.5) is 10.1 Å². The lowest BCUT2D eigenvalue weighted by atomic mass is 10.3. The third-order valence-corrected chi connectivity index (χ3v) is 2.77. The minimum atomic E-state index is -0.490. The zero-order valence-electron chi connectivity index (χ0n) is 10.3. The Kier molecular flexibility index (Phi) is 4.44. The van der Waals surface area contributed by atoms with E-state index in [1.54, 1.807) is 6.07 Å². The van der Waals surface area contributed by atoms with Gasteiger partial charge in [0.15, 0.2) is 6.10 Å².